The van der Waals surface area contributed by atoms with Gasteiger partial charge in [-0.2, -0.15) is 0 Å². The second-order valence-electron chi connectivity index (χ2n) is 2.48. The van der Waals surface area contributed by atoms with E-state index in [1.165, 1.54) is 0 Å². The molecule has 1 rings (SSSR count). The first-order valence-corrected chi connectivity index (χ1v) is 3.86. The van der Waals surface area contributed by atoms with Crippen LogP contribution in [0.3, 0.4) is 0 Å². The predicted octanol–water partition coefficient (Wildman–Crippen LogP) is 1.42. The average Bonchev–Trinajstić information content (AvgIpc) is 2.17. The molecule has 0 N–H and O–H groups in total. The Hall–Kier alpha value is -1.45. The summed E-state index contributed by atoms with van der Waals surface area (Å²) in [6.45, 7) is 1.85. The maximum atomic E-state index is 5.15. The van der Waals surface area contributed by atoms with Gasteiger partial charge in [0.15, 0.2) is 11.5 Å². The van der Waals surface area contributed by atoms with Crippen LogP contribution < -0.4 is 14.2 Å². The second-order valence-corrected chi connectivity index (χ2v) is 2.48. The summed E-state index contributed by atoms with van der Waals surface area (Å²) in [6.07, 6.45) is 1.61. The molecule has 0 spiro atoms. The molecule has 0 atom stereocenters. The molecular formula is C9H13NO3. The fraction of sp³-hybridized carbons (Fsp3) is 0.444. The van der Waals surface area contributed by atoms with Crippen molar-refractivity contribution in [2.75, 3.05) is 21.3 Å². The molecule has 4 nitrogen and oxygen atoms in total. The molecule has 0 saturated heterocycles. The van der Waals surface area contributed by atoms with Crippen molar-refractivity contribution in [2.24, 2.45) is 0 Å². The zero-order valence-corrected chi connectivity index (χ0v) is 8.25. The zero-order chi connectivity index (χ0) is 9.84. The minimum Gasteiger partial charge on any atom is -0.491 e. The van der Waals surface area contributed by atoms with E-state index in [0.29, 0.717) is 17.2 Å². The second kappa shape index (κ2) is 3.98. The van der Waals surface area contributed by atoms with E-state index in [4.69, 9.17) is 14.2 Å². The van der Waals surface area contributed by atoms with Crippen molar-refractivity contribution in [1.29, 1.82) is 0 Å². The summed E-state index contributed by atoms with van der Waals surface area (Å²) >= 11 is 0. The number of hydrogen-bond donors (Lipinski definition) is 0. The van der Waals surface area contributed by atoms with E-state index in [2.05, 4.69) is 4.98 Å². The maximum absolute atomic E-state index is 5.15. The van der Waals surface area contributed by atoms with Gasteiger partial charge in [0.25, 0.3) is 0 Å². The summed E-state index contributed by atoms with van der Waals surface area (Å²) in [5.41, 5.74) is 0.778. The number of nitrogens with zero attached hydrogens (tertiary/aromatic N) is 1. The highest BCUT2D eigenvalue weighted by molar-refractivity contribution is 5.51. The number of hydrogen-bond acceptors (Lipinski definition) is 4. The molecular weight excluding hydrogens is 170 g/mol. The summed E-state index contributed by atoms with van der Waals surface area (Å²) in [7, 11) is 4.71. The SMILES string of the molecule is COc1cnc(C)c(OC)c1OC. The molecule has 0 aliphatic rings. The largest absolute Gasteiger partial charge is 0.491 e. The molecule has 0 radical (unpaired) electrons. The van der Waals surface area contributed by atoms with Gasteiger partial charge >= 0.3 is 0 Å². The van der Waals surface area contributed by atoms with Crippen LogP contribution in [0.1, 0.15) is 5.69 Å². The highest BCUT2D eigenvalue weighted by Crippen LogP contribution is 2.37. The van der Waals surface area contributed by atoms with Crippen molar-refractivity contribution in [3.63, 3.8) is 0 Å². The van der Waals surface area contributed by atoms with Gasteiger partial charge < -0.3 is 14.2 Å². The molecule has 0 aliphatic heterocycles. The average molecular weight is 183 g/mol. The van der Waals surface area contributed by atoms with Crippen molar-refractivity contribution in [3.05, 3.63) is 11.9 Å². The molecule has 0 saturated carbocycles. The lowest BCUT2D eigenvalue weighted by Crippen LogP contribution is -1.98. The first-order chi connectivity index (χ1) is 6.24. The Kier molecular flexibility index (Phi) is 2.95. The molecule has 0 unspecified atom stereocenters. The van der Waals surface area contributed by atoms with Crippen LogP contribution in [-0.4, -0.2) is 26.3 Å². The summed E-state index contributed by atoms with van der Waals surface area (Å²) in [5.74, 6) is 1.77. The third kappa shape index (κ3) is 1.66. The van der Waals surface area contributed by atoms with Crippen molar-refractivity contribution in [2.45, 2.75) is 6.92 Å². The maximum Gasteiger partial charge on any atom is 0.206 e. The van der Waals surface area contributed by atoms with E-state index in [-0.39, 0.29) is 0 Å². The number of aryl methyl sites for hydroxylation is 1. The van der Waals surface area contributed by atoms with Crippen molar-refractivity contribution >= 4 is 0 Å². The molecule has 0 aromatic carbocycles. The Balaban J connectivity index is 3.27. The van der Waals surface area contributed by atoms with Crippen LogP contribution in [0.2, 0.25) is 0 Å². The predicted molar refractivity (Wildman–Crippen MR) is 48.6 cm³/mol. The van der Waals surface area contributed by atoms with Gasteiger partial charge in [-0.1, -0.05) is 0 Å². The van der Waals surface area contributed by atoms with Crippen molar-refractivity contribution in [1.82, 2.24) is 4.98 Å². The minimum atomic E-state index is 0.574. The molecule has 0 amide bonds. The summed E-state index contributed by atoms with van der Waals surface area (Å²) in [6, 6.07) is 0. The molecule has 4 heteroatoms. The third-order valence-corrected chi connectivity index (χ3v) is 1.76. The Morgan fingerprint density at radius 1 is 1.00 bits per heavy atom. The number of ether oxygens (including phenoxy) is 3. The summed E-state index contributed by atoms with van der Waals surface area (Å²) < 4.78 is 15.4. The van der Waals surface area contributed by atoms with E-state index in [1.807, 2.05) is 6.92 Å². The van der Waals surface area contributed by atoms with Crippen molar-refractivity contribution < 1.29 is 14.2 Å². The lowest BCUT2D eigenvalue weighted by molar-refractivity contribution is 0.320. The highest BCUT2D eigenvalue weighted by atomic mass is 16.5. The van der Waals surface area contributed by atoms with Gasteiger partial charge in [-0.25, -0.2) is 0 Å². The highest BCUT2D eigenvalue weighted by Gasteiger charge is 2.13. The quantitative estimate of drug-likeness (QED) is 0.710. The van der Waals surface area contributed by atoms with Crippen LogP contribution >= 0.6 is 0 Å². The first kappa shape index (κ1) is 9.64. The normalized spacial score (nSPS) is 9.54. The first-order valence-electron chi connectivity index (χ1n) is 3.86. The van der Waals surface area contributed by atoms with Crippen LogP contribution in [0.15, 0.2) is 6.20 Å². The molecule has 0 fully saturated rings. The van der Waals surface area contributed by atoms with E-state index < -0.39 is 0 Å². The number of methoxy groups -OCH3 is 3. The molecule has 1 aromatic heterocycles. The van der Waals surface area contributed by atoms with E-state index >= 15 is 0 Å². The van der Waals surface area contributed by atoms with Crippen LogP contribution in [-0.2, 0) is 0 Å². The fourth-order valence-corrected chi connectivity index (χ4v) is 1.13. The minimum absolute atomic E-state index is 0.574. The standard InChI is InChI=1S/C9H13NO3/c1-6-8(12-3)9(13-4)7(11-2)5-10-6/h5H,1-4H3. The van der Waals surface area contributed by atoms with Crippen LogP contribution in [0.5, 0.6) is 17.2 Å². The Bertz CT molecular complexity index is 299. The van der Waals surface area contributed by atoms with Crippen LogP contribution in [0, 0.1) is 6.92 Å². The molecule has 0 aliphatic carbocycles. The van der Waals surface area contributed by atoms with Crippen LogP contribution in [0.4, 0.5) is 0 Å². The lowest BCUT2D eigenvalue weighted by atomic mass is 10.3. The molecule has 1 aromatic rings. The number of rotatable bonds is 3. The monoisotopic (exact) mass is 183 g/mol. The van der Waals surface area contributed by atoms with Gasteiger partial charge in [0.2, 0.25) is 5.75 Å². The topological polar surface area (TPSA) is 40.6 Å². The number of pyridine rings is 1. The summed E-state index contributed by atoms with van der Waals surface area (Å²) in [4.78, 5) is 4.10. The van der Waals surface area contributed by atoms with Gasteiger partial charge in [0.1, 0.15) is 0 Å². The smallest absolute Gasteiger partial charge is 0.206 e. The van der Waals surface area contributed by atoms with Gasteiger partial charge in [0.05, 0.1) is 33.2 Å². The van der Waals surface area contributed by atoms with Gasteiger partial charge in [-0.05, 0) is 6.92 Å². The molecule has 0 bridgehead atoms. The summed E-state index contributed by atoms with van der Waals surface area (Å²) in [5, 5.41) is 0. The van der Waals surface area contributed by atoms with Gasteiger partial charge in [-0.15, -0.1) is 0 Å². The van der Waals surface area contributed by atoms with E-state index in [9.17, 15) is 0 Å². The Morgan fingerprint density at radius 3 is 2.08 bits per heavy atom. The Labute approximate surface area is 77.5 Å². The van der Waals surface area contributed by atoms with Gasteiger partial charge in [0, 0.05) is 0 Å². The lowest BCUT2D eigenvalue weighted by Gasteiger charge is -2.12. The molecule has 72 valence electrons. The van der Waals surface area contributed by atoms with E-state index in [0.717, 1.165) is 5.69 Å². The Morgan fingerprint density at radius 2 is 1.62 bits per heavy atom. The fourth-order valence-electron chi connectivity index (χ4n) is 1.13. The van der Waals surface area contributed by atoms with Crippen molar-refractivity contribution in [3.8, 4) is 17.2 Å². The zero-order valence-electron chi connectivity index (χ0n) is 8.25. The van der Waals surface area contributed by atoms with Crippen LogP contribution in [0.25, 0.3) is 0 Å². The van der Waals surface area contributed by atoms with Gasteiger partial charge in [-0.3, -0.25) is 4.98 Å². The molecule has 1 heterocycles. The number of aromatic nitrogens is 1. The third-order valence-electron chi connectivity index (χ3n) is 1.76. The van der Waals surface area contributed by atoms with E-state index in [1.54, 1.807) is 27.5 Å². The molecule has 13 heavy (non-hydrogen) atoms.